The van der Waals surface area contributed by atoms with Crippen molar-refractivity contribution in [1.29, 1.82) is 0 Å². The van der Waals surface area contributed by atoms with Gasteiger partial charge >= 0.3 is 0 Å². The van der Waals surface area contributed by atoms with Crippen molar-refractivity contribution in [2.45, 2.75) is 58.3 Å². The Morgan fingerprint density at radius 2 is 1.65 bits per heavy atom. The minimum absolute atomic E-state index is 0.248. The molecule has 0 aliphatic carbocycles. The third kappa shape index (κ3) is 5.97. The van der Waals surface area contributed by atoms with Gasteiger partial charge in [0.15, 0.2) is 0 Å². The molecule has 0 saturated carbocycles. The van der Waals surface area contributed by atoms with Gasteiger partial charge < -0.3 is 5.11 Å². The first-order valence-electron chi connectivity index (χ1n) is 6.71. The highest BCUT2D eigenvalue weighted by molar-refractivity contribution is 6.31. The normalized spacial score (nSPS) is 10.7. The molecule has 0 aliphatic heterocycles. The van der Waals surface area contributed by atoms with Crippen molar-refractivity contribution in [1.82, 2.24) is 0 Å². The molecule has 96 valence electrons. The fourth-order valence-electron chi connectivity index (χ4n) is 2.01. The number of hydrogen-bond acceptors (Lipinski definition) is 1. The van der Waals surface area contributed by atoms with Crippen LogP contribution in [-0.4, -0.2) is 5.11 Å². The third-order valence-electron chi connectivity index (χ3n) is 3.09. The van der Waals surface area contributed by atoms with E-state index in [2.05, 4.69) is 6.92 Å². The molecule has 0 amide bonds. The summed E-state index contributed by atoms with van der Waals surface area (Å²) in [5.74, 6) is 0.248. The Kier molecular flexibility index (Phi) is 7.11. The minimum Gasteiger partial charge on any atom is -0.508 e. The van der Waals surface area contributed by atoms with Crippen LogP contribution in [0.1, 0.15) is 57.4 Å². The molecule has 0 radical (unpaired) electrons. The van der Waals surface area contributed by atoms with Gasteiger partial charge in [-0.15, -0.1) is 0 Å². The molecular formula is C15H23ClO. The van der Waals surface area contributed by atoms with Crippen LogP contribution in [0.15, 0.2) is 18.2 Å². The molecule has 1 nitrogen and oxygen atoms in total. The zero-order chi connectivity index (χ0) is 12.5. The van der Waals surface area contributed by atoms with Crippen molar-refractivity contribution in [3.63, 3.8) is 0 Å². The molecule has 0 heterocycles. The van der Waals surface area contributed by atoms with E-state index in [4.69, 9.17) is 11.6 Å². The molecule has 0 unspecified atom stereocenters. The Hall–Kier alpha value is -0.690. The summed E-state index contributed by atoms with van der Waals surface area (Å²) in [6.07, 6.45) is 10.2. The first-order chi connectivity index (χ1) is 8.24. The van der Waals surface area contributed by atoms with E-state index < -0.39 is 0 Å². The number of rotatable bonds is 8. The van der Waals surface area contributed by atoms with E-state index >= 15 is 0 Å². The van der Waals surface area contributed by atoms with Crippen LogP contribution in [0.5, 0.6) is 5.75 Å². The molecular weight excluding hydrogens is 232 g/mol. The molecule has 0 spiro atoms. The van der Waals surface area contributed by atoms with E-state index in [1.165, 1.54) is 44.9 Å². The lowest BCUT2D eigenvalue weighted by Crippen LogP contribution is -1.87. The van der Waals surface area contributed by atoms with Gasteiger partial charge in [0.05, 0.1) is 0 Å². The highest BCUT2D eigenvalue weighted by Crippen LogP contribution is 2.23. The van der Waals surface area contributed by atoms with Crippen molar-refractivity contribution in [3.05, 3.63) is 28.8 Å². The standard InChI is InChI=1S/C15H23ClO/c1-2-3-4-5-6-7-8-9-13-10-11-14(17)12-15(13)16/h10-12,17H,2-9H2,1H3. The Morgan fingerprint density at radius 3 is 2.29 bits per heavy atom. The molecule has 0 atom stereocenters. The van der Waals surface area contributed by atoms with Crippen LogP contribution >= 0.6 is 11.6 Å². The largest absolute Gasteiger partial charge is 0.508 e. The van der Waals surface area contributed by atoms with Crippen LogP contribution in [0, 0.1) is 0 Å². The van der Waals surface area contributed by atoms with Crippen LogP contribution < -0.4 is 0 Å². The first kappa shape index (κ1) is 14.4. The van der Waals surface area contributed by atoms with Gasteiger partial charge in [-0.25, -0.2) is 0 Å². The van der Waals surface area contributed by atoms with Gasteiger partial charge in [-0.3, -0.25) is 0 Å². The number of phenolic OH excluding ortho intramolecular Hbond substituents is 1. The predicted molar refractivity (Wildman–Crippen MR) is 74.8 cm³/mol. The second kappa shape index (κ2) is 8.41. The molecule has 0 fully saturated rings. The Labute approximate surface area is 110 Å². The average Bonchev–Trinajstić information content (AvgIpc) is 2.30. The van der Waals surface area contributed by atoms with Gasteiger partial charge in [0.25, 0.3) is 0 Å². The van der Waals surface area contributed by atoms with Gasteiger partial charge in [-0.2, -0.15) is 0 Å². The van der Waals surface area contributed by atoms with E-state index in [0.717, 1.165) is 12.0 Å². The number of halogens is 1. The van der Waals surface area contributed by atoms with Crippen molar-refractivity contribution >= 4 is 11.6 Å². The van der Waals surface area contributed by atoms with Crippen molar-refractivity contribution in [2.75, 3.05) is 0 Å². The second-order valence-corrected chi connectivity index (χ2v) is 5.05. The van der Waals surface area contributed by atoms with E-state index in [1.807, 2.05) is 6.07 Å². The maximum absolute atomic E-state index is 9.25. The summed E-state index contributed by atoms with van der Waals surface area (Å²) in [4.78, 5) is 0. The summed E-state index contributed by atoms with van der Waals surface area (Å²) in [6.45, 7) is 2.24. The van der Waals surface area contributed by atoms with E-state index in [1.54, 1.807) is 12.1 Å². The minimum atomic E-state index is 0.248. The quantitative estimate of drug-likeness (QED) is 0.621. The molecule has 0 aromatic heterocycles. The zero-order valence-electron chi connectivity index (χ0n) is 10.7. The highest BCUT2D eigenvalue weighted by atomic mass is 35.5. The van der Waals surface area contributed by atoms with E-state index in [0.29, 0.717) is 5.02 Å². The summed E-state index contributed by atoms with van der Waals surface area (Å²) in [5.41, 5.74) is 1.15. The van der Waals surface area contributed by atoms with Crippen molar-refractivity contribution in [2.24, 2.45) is 0 Å². The van der Waals surface area contributed by atoms with Crippen molar-refractivity contribution in [3.8, 4) is 5.75 Å². The third-order valence-corrected chi connectivity index (χ3v) is 3.44. The van der Waals surface area contributed by atoms with Gasteiger partial charge in [0, 0.05) is 5.02 Å². The molecule has 0 saturated heterocycles. The molecule has 0 aliphatic rings. The molecule has 1 aromatic carbocycles. The lowest BCUT2D eigenvalue weighted by Gasteiger charge is -2.05. The number of aromatic hydroxyl groups is 1. The molecule has 1 aromatic rings. The van der Waals surface area contributed by atoms with Crippen LogP contribution in [0.3, 0.4) is 0 Å². The zero-order valence-corrected chi connectivity index (χ0v) is 11.5. The molecule has 17 heavy (non-hydrogen) atoms. The fourth-order valence-corrected chi connectivity index (χ4v) is 2.28. The highest BCUT2D eigenvalue weighted by Gasteiger charge is 2.01. The maximum Gasteiger partial charge on any atom is 0.117 e. The Morgan fingerprint density at radius 1 is 1.00 bits per heavy atom. The topological polar surface area (TPSA) is 20.2 Å². The second-order valence-electron chi connectivity index (χ2n) is 4.65. The monoisotopic (exact) mass is 254 g/mol. The number of hydrogen-bond donors (Lipinski definition) is 1. The first-order valence-corrected chi connectivity index (χ1v) is 7.09. The smallest absolute Gasteiger partial charge is 0.117 e. The molecule has 1 rings (SSSR count). The Balaban J connectivity index is 2.14. The summed E-state index contributed by atoms with van der Waals surface area (Å²) in [5, 5.41) is 9.94. The van der Waals surface area contributed by atoms with Gasteiger partial charge in [0.2, 0.25) is 0 Å². The Bertz CT molecular complexity index is 323. The predicted octanol–water partition coefficient (Wildman–Crippen LogP) is 5.34. The van der Waals surface area contributed by atoms with Crippen LogP contribution in [0.4, 0.5) is 0 Å². The van der Waals surface area contributed by atoms with E-state index in [9.17, 15) is 5.11 Å². The van der Waals surface area contributed by atoms with Crippen LogP contribution in [0.25, 0.3) is 0 Å². The summed E-state index contributed by atoms with van der Waals surface area (Å²) in [7, 11) is 0. The summed E-state index contributed by atoms with van der Waals surface area (Å²) >= 11 is 6.05. The number of aryl methyl sites for hydroxylation is 1. The maximum atomic E-state index is 9.25. The molecule has 0 bridgehead atoms. The fraction of sp³-hybridized carbons (Fsp3) is 0.600. The number of benzene rings is 1. The van der Waals surface area contributed by atoms with Crippen molar-refractivity contribution < 1.29 is 5.11 Å². The van der Waals surface area contributed by atoms with Gasteiger partial charge in [0.1, 0.15) is 5.75 Å². The molecule has 1 N–H and O–H groups in total. The van der Waals surface area contributed by atoms with E-state index in [-0.39, 0.29) is 5.75 Å². The SMILES string of the molecule is CCCCCCCCCc1ccc(O)cc1Cl. The number of unbranched alkanes of at least 4 members (excludes halogenated alkanes) is 6. The molecule has 2 heteroatoms. The van der Waals surface area contributed by atoms with Crippen LogP contribution in [0.2, 0.25) is 5.02 Å². The number of phenols is 1. The lowest BCUT2D eigenvalue weighted by atomic mass is 10.0. The summed E-state index contributed by atoms with van der Waals surface area (Å²) in [6, 6.07) is 5.26. The van der Waals surface area contributed by atoms with Crippen LogP contribution in [-0.2, 0) is 6.42 Å². The average molecular weight is 255 g/mol. The van der Waals surface area contributed by atoms with Gasteiger partial charge in [-0.1, -0.05) is 63.1 Å². The lowest BCUT2D eigenvalue weighted by molar-refractivity contribution is 0.475. The summed E-state index contributed by atoms with van der Waals surface area (Å²) < 4.78 is 0. The van der Waals surface area contributed by atoms with Gasteiger partial charge in [-0.05, 0) is 30.5 Å².